The van der Waals surface area contributed by atoms with Crippen LogP contribution in [-0.4, -0.2) is 65.2 Å². The van der Waals surface area contributed by atoms with Crippen molar-refractivity contribution < 1.29 is 9.59 Å². The Morgan fingerprint density at radius 2 is 1.95 bits per heavy atom. The Balaban J connectivity index is 1.19. The third-order valence-corrected chi connectivity index (χ3v) is 7.32. The number of fused-ring (bicyclic) bond motifs is 2. The number of carbonyl (C=O) groups is 2. The van der Waals surface area contributed by atoms with Gasteiger partial charge in [-0.2, -0.15) is 0 Å². The molecular weight excluding hydrogens is 494 g/mol. The fourth-order valence-corrected chi connectivity index (χ4v) is 5.06. The van der Waals surface area contributed by atoms with E-state index in [2.05, 4.69) is 48.8 Å². The van der Waals surface area contributed by atoms with Crippen molar-refractivity contribution in [1.29, 1.82) is 0 Å². The highest BCUT2D eigenvalue weighted by Crippen LogP contribution is 2.25. The van der Waals surface area contributed by atoms with Crippen LogP contribution < -0.4 is 10.6 Å². The van der Waals surface area contributed by atoms with Gasteiger partial charge in [-0.25, -0.2) is 9.50 Å². The van der Waals surface area contributed by atoms with Crippen LogP contribution in [0.25, 0.3) is 27.7 Å². The average Bonchev–Trinajstić information content (AvgIpc) is 3.64. The first kappa shape index (κ1) is 24.7. The van der Waals surface area contributed by atoms with Gasteiger partial charge in [0.1, 0.15) is 5.65 Å². The van der Waals surface area contributed by atoms with E-state index in [4.69, 9.17) is 0 Å². The molecule has 2 amide bonds. The molecule has 1 atom stereocenters. The van der Waals surface area contributed by atoms with Gasteiger partial charge in [-0.1, -0.05) is 11.3 Å². The molecule has 1 fully saturated rings. The quantitative estimate of drug-likeness (QED) is 0.348. The molecule has 11 heteroatoms. The summed E-state index contributed by atoms with van der Waals surface area (Å²) in [5.41, 5.74) is 5.16. The van der Waals surface area contributed by atoms with E-state index >= 15 is 0 Å². The molecule has 1 aliphatic heterocycles. The number of pyridine rings is 3. The standard InChI is InChI=1S/C28H29N9O2/c1-17-5-4-9-36(17)16-25(38)31-22-12-23(18(2)29-14-22)32-28(39)26-24-7-6-20(15-37(24)34-33-26)21-11-19-8-10-35(3)27(19)30-13-21/h6-8,10-15,17H,4-5,9,16H2,1-3H3,(H,31,38)(H,32,39)/t17-/m0/s1. The van der Waals surface area contributed by atoms with E-state index < -0.39 is 5.91 Å². The molecule has 0 bridgehead atoms. The molecule has 1 aliphatic rings. The third kappa shape index (κ3) is 4.84. The summed E-state index contributed by atoms with van der Waals surface area (Å²) in [5.74, 6) is -0.516. The highest BCUT2D eigenvalue weighted by atomic mass is 16.2. The maximum atomic E-state index is 13.2. The molecule has 5 aromatic rings. The summed E-state index contributed by atoms with van der Waals surface area (Å²) in [4.78, 5) is 36.8. The number of hydrogen-bond donors (Lipinski definition) is 2. The van der Waals surface area contributed by atoms with Gasteiger partial charge in [0.15, 0.2) is 5.69 Å². The molecule has 2 N–H and O–H groups in total. The molecule has 5 aromatic heterocycles. The molecule has 0 spiro atoms. The van der Waals surface area contributed by atoms with Crippen molar-refractivity contribution in [1.82, 2.24) is 34.3 Å². The minimum Gasteiger partial charge on any atom is -0.336 e. The van der Waals surface area contributed by atoms with Crippen molar-refractivity contribution in [3.05, 3.63) is 66.5 Å². The van der Waals surface area contributed by atoms with Crippen LogP contribution in [0.15, 0.2) is 55.1 Å². The largest absolute Gasteiger partial charge is 0.336 e. The van der Waals surface area contributed by atoms with Crippen molar-refractivity contribution in [3.8, 4) is 11.1 Å². The highest BCUT2D eigenvalue weighted by Gasteiger charge is 2.23. The zero-order valence-electron chi connectivity index (χ0n) is 22.0. The Bertz CT molecular complexity index is 1720. The van der Waals surface area contributed by atoms with Crippen LogP contribution in [0.2, 0.25) is 0 Å². The Hall–Kier alpha value is -4.64. The topological polar surface area (TPSA) is 122 Å². The molecule has 6 rings (SSSR count). The molecule has 6 heterocycles. The summed E-state index contributed by atoms with van der Waals surface area (Å²) < 4.78 is 3.56. The van der Waals surface area contributed by atoms with Crippen LogP contribution in [0.1, 0.15) is 35.9 Å². The second kappa shape index (κ2) is 9.91. The number of anilines is 2. The summed E-state index contributed by atoms with van der Waals surface area (Å²) >= 11 is 0. The maximum Gasteiger partial charge on any atom is 0.278 e. The van der Waals surface area contributed by atoms with E-state index in [-0.39, 0.29) is 11.6 Å². The van der Waals surface area contributed by atoms with Crippen LogP contribution in [0, 0.1) is 6.92 Å². The Morgan fingerprint density at radius 1 is 1.08 bits per heavy atom. The second-order valence-electron chi connectivity index (χ2n) is 10.1. The van der Waals surface area contributed by atoms with Gasteiger partial charge in [0.2, 0.25) is 5.91 Å². The number of nitrogens with zero attached hydrogens (tertiary/aromatic N) is 7. The minimum atomic E-state index is -0.413. The SMILES string of the molecule is Cc1ncc(NC(=O)CN2CCC[C@@H]2C)cc1NC(=O)c1nnn2cc(-c3cnc4c(ccn4C)c3)ccc12. The van der Waals surface area contributed by atoms with Gasteiger partial charge in [-0.3, -0.25) is 19.5 Å². The first-order valence-electron chi connectivity index (χ1n) is 12.9. The fraction of sp³-hybridized carbons (Fsp3) is 0.286. The Kier molecular flexibility index (Phi) is 6.27. The number of nitrogens with one attached hydrogen (secondary N) is 2. The summed E-state index contributed by atoms with van der Waals surface area (Å²) in [7, 11) is 1.96. The number of likely N-dealkylation sites (tertiary alicyclic amines) is 1. The minimum absolute atomic E-state index is 0.103. The predicted octanol–water partition coefficient (Wildman–Crippen LogP) is 3.66. The van der Waals surface area contributed by atoms with Gasteiger partial charge in [0, 0.05) is 48.2 Å². The number of aryl methyl sites for hydroxylation is 2. The number of amides is 2. The second-order valence-corrected chi connectivity index (χ2v) is 10.1. The van der Waals surface area contributed by atoms with Gasteiger partial charge >= 0.3 is 0 Å². The predicted molar refractivity (Wildman–Crippen MR) is 149 cm³/mol. The molecule has 0 aromatic carbocycles. The number of rotatable bonds is 6. The van der Waals surface area contributed by atoms with Crippen LogP contribution in [-0.2, 0) is 11.8 Å². The smallest absolute Gasteiger partial charge is 0.278 e. The van der Waals surface area contributed by atoms with E-state index in [1.165, 1.54) is 0 Å². The van der Waals surface area contributed by atoms with Crippen molar-refractivity contribution in [2.24, 2.45) is 7.05 Å². The molecule has 39 heavy (non-hydrogen) atoms. The first-order chi connectivity index (χ1) is 18.9. The van der Waals surface area contributed by atoms with Gasteiger partial charge in [-0.05, 0) is 57.5 Å². The van der Waals surface area contributed by atoms with E-state index in [1.54, 1.807) is 23.7 Å². The molecule has 1 saturated heterocycles. The molecule has 0 radical (unpaired) electrons. The van der Waals surface area contributed by atoms with Crippen LogP contribution in [0.3, 0.4) is 0 Å². The van der Waals surface area contributed by atoms with Gasteiger partial charge in [0.25, 0.3) is 5.91 Å². The summed E-state index contributed by atoms with van der Waals surface area (Å²) in [5, 5.41) is 15.1. The van der Waals surface area contributed by atoms with Crippen LogP contribution in [0.4, 0.5) is 11.4 Å². The molecule has 0 saturated carbocycles. The lowest BCUT2D eigenvalue weighted by Gasteiger charge is -2.20. The average molecular weight is 524 g/mol. The highest BCUT2D eigenvalue weighted by molar-refractivity contribution is 6.08. The lowest BCUT2D eigenvalue weighted by Crippen LogP contribution is -2.35. The van der Waals surface area contributed by atoms with E-state index in [0.29, 0.717) is 35.2 Å². The van der Waals surface area contributed by atoms with Crippen molar-refractivity contribution >= 4 is 39.7 Å². The maximum absolute atomic E-state index is 13.2. The van der Waals surface area contributed by atoms with E-state index in [0.717, 1.165) is 41.5 Å². The molecule has 0 aliphatic carbocycles. The number of hydrogen-bond acceptors (Lipinski definition) is 7. The van der Waals surface area contributed by atoms with Crippen LogP contribution >= 0.6 is 0 Å². The fourth-order valence-electron chi connectivity index (χ4n) is 5.06. The molecule has 198 valence electrons. The zero-order chi connectivity index (χ0) is 27.1. The molecular formula is C28H29N9O2. The molecule has 0 unspecified atom stereocenters. The zero-order valence-corrected chi connectivity index (χ0v) is 22.0. The summed E-state index contributed by atoms with van der Waals surface area (Å²) in [6.45, 7) is 5.19. The van der Waals surface area contributed by atoms with Gasteiger partial charge < -0.3 is 15.2 Å². The Morgan fingerprint density at radius 3 is 2.77 bits per heavy atom. The van der Waals surface area contributed by atoms with Gasteiger partial charge in [0.05, 0.1) is 35.3 Å². The van der Waals surface area contributed by atoms with E-state index in [1.807, 2.05) is 48.4 Å². The monoisotopic (exact) mass is 523 g/mol. The van der Waals surface area contributed by atoms with E-state index in [9.17, 15) is 9.59 Å². The van der Waals surface area contributed by atoms with Crippen LogP contribution in [0.5, 0.6) is 0 Å². The molecule has 11 nitrogen and oxygen atoms in total. The first-order valence-corrected chi connectivity index (χ1v) is 12.9. The normalized spacial score (nSPS) is 15.7. The lowest BCUT2D eigenvalue weighted by atomic mass is 10.1. The number of carbonyl (C=O) groups excluding carboxylic acids is 2. The van der Waals surface area contributed by atoms with Crippen molar-refractivity contribution in [2.75, 3.05) is 23.7 Å². The summed E-state index contributed by atoms with van der Waals surface area (Å²) in [6, 6.07) is 9.95. The Labute approximate surface area is 224 Å². The summed E-state index contributed by atoms with van der Waals surface area (Å²) in [6.07, 6.45) is 9.43. The van der Waals surface area contributed by atoms with Crippen molar-refractivity contribution in [2.45, 2.75) is 32.7 Å². The number of aromatic nitrogens is 6. The van der Waals surface area contributed by atoms with Gasteiger partial charge in [-0.15, -0.1) is 5.10 Å². The third-order valence-electron chi connectivity index (χ3n) is 7.32. The van der Waals surface area contributed by atoms with Crippen molar-refractivity contribution in [3.63, 3.8) is 0 Å². The lowest BCUT2D eigenvalue weighted by molar-refractivity contribution is -0.117.